The van der Waals surface area contributed by atoms with Gasteiger partial charge in [-0.1, -0.05) is 34.6 Å². The summed E-state index contributed by atoms with van der Waals surface area (Å²) >= 11 is 0. The Morgan fingerprint density at radius 1 is 1.20 bits per heavy atom. The predicted molar refractivity (Wildman–Crippen MR) is 95.1 cm³/mol. The van der Waals surface area contributed by atoms with Crippen LogP contribution in [-0.4, -0.2) is 25.8 Å². The average molecular weight is 339 g/mol. The molecule has 0 fully saturated rings. The van der Waals surface area contributed by atoms with Crippen LogP contribution >= 0.6 is 0 Å². The van der Waals surface area contributed by atoms with Crippen molar-refractivity contribution in [2.24, 2.45) is 5.41 Å². The molecule has 0 radical (unpaired) electrons. The Bertz CT molecular complexity index is 780. The molecule has 1 aliphatic rings. The second kappa shape index (κ2) is 6.17. The van der Waals surface area contributed by atoms with Gasteiger partial charge >= 0.3 is 0 Å². The zero-order valence-electron chi connectivity index (χ0n) is 15.5. The Hall–Kier alpha value is -2.37. The van der Waals surface area contributed by atoms with Gasteiger partial charge in [0.25, 0.3) is 5.91 Å². The van der Waals surface area contributed by atoms with E-state index in [9.17, 15) is 4.79 Å². The number of hydrogen-bond donors (Lipinski definition) is 1. The zero-order valence-corrected chi connectivity index (χ0v) is 15.5. The average Bonchev–Trinajstić information content (AvgIpc) is 2.53. The third-order valence-electron chi connectivity index (χ3n) is 4.45. The SMILES string of the molecule is CC1(C)Cc2nc(C(C)(C)C)ncc2C(NC(=O)c2cnccn2)C1. The molecule has 6 nitrogen and oxygen atoms in total. The van der Waals surface area contributed by atoms with Crippen molar-refractivity contribution >= 4 is 5.91 Å². The Morgan fingerprint density at radius 3 is 2.60 bits per heavy atom. The molecule has 0 aliphatic heterocycles. The van der Waals surface area contributed by atoms with Crippen LogP contribution in [0.2, 0.25) is 0 Å². The Kier molecular flexibility index (Phi) is 4.31. The number of aromatic nitrogens is 4. The van der Waals surface area contributed by atoms with E-state index < -0.39 is 0 Å². The smallest absolute Gasteiger partial charge is 0.271 e. The third-order valence-corrected chi connectivity index (χ3v) is 4.45. The number of nitrogens with one attached hydrogen (secondary N) is 1. The summed E-state index contributed by atoms with van der Waals surface area (Å²) in [6.45, 7) is 10.7. The Balaban J connectivity index is 1.92. The molecule has 3 rings (SSSR count). The van der Waals surface area contributed by atoms with Crippen molar-refractivity contribution in [3.63, 3.8) is 0 Å². The van der Waals surface area contributed by atoms with E-state index >= 15 is 0 Å². The fourth-order valence-electron chi connectivity index (χ4n) is 3.19. The van der Waals surface area contributed by atoms with E-state index in [2.05, 4.69) is 54.9 Å². The first-order valence-corrected chi connectivity index (χ1v) is 8.59. The van der Waals surface area contributed by atoms with Gasteiger partial charge in [-0.2, -0.15) is 0 Å². The lowest BCUT2D eigenvalue weighted by atomic mass is 9.74. The van der Waals surface area contributed by atoms with Crippen LogP contribution in [0.3, 0.4) is 0 Å². The van der Waals surface area contributed by atoms with E-state index in [0.29, 0.717) is 5.69 Å². The van der Waals surface area contributed by atoms with Crippen LogP contribution in [0.15, 0.2) is 24.8 Å². The van der Waals surface area contributed by atoms with Gasteiger partial charge < -0.3 is 5.32 Å². The molecule has 2 aromatic rings. The molecular formula is C19H25N5O. The fraction of sp³-hybridized carbons (Fsp3) is 0.526. The maximum atomic E-state index is 12.5. The summed E-state index contributed by atoms with van der Waals surface area (Å²) in [6, 6.07) is -0.123. The molecule has 1 aliphatic carbocycles. The molecular weight excluding hydrogens is 314 g/mol. The summed E-state index contributed by atoms with van der Waals surface area (Å²) in [6.07, 6.45) is 8.14. The Labute approximate surface area is 148 Å². The quantitative estimate of drug-likeness (QED) is 0.909. The summed E-state index contributed by atoms with van der Waals surface area (Å²) in [5.41, 5.74) is 2.30. The second-order valence-electron chi connectivity index (χ2n) is 8.51. The molecule has 2 heterocycles. The summed E-state index contributed by atoms with van der Waals surface area (Å²) in [5, 5.41) is 3.08. The standard InChI is InChI=1S/C19H25N5O/c1-18(2,3)17-22-10-12-13(8-19(4,5)9-14(12)24-17)23-16(25)15-11-20-6-7-21-15/h6-7,10-11,13H,8-9H2,1-5H3,(H,23,25). The van der Waals surface area contributed by atoms with Gasteiger partial charge in [0.15, 0.2) is 0 Å². The zero-order chi connectivity index (χ0) is 18.2. The molecule has 0 spiro atoms. The summed E-state index contributed by atoms with van der Waals surface area (Å²) in [5.74, 6) is 0.615. The van der Waals surface area contributed by atoms with Gasteiger partial charge in [0, 0.05) is 35.3 Å². The minimum absolute atomic E-state index is 0.0524. The summed E-state index contributed by atoms with van der Waals surface area (Å²) in [4.78, 5) is 29.9. The molecule has 1 atom stereocenters. The van der Waals surface area contributed by atoms with Gasteiger partial charge in [-0.25, -0.2) is 15.0 Å². The van der Waals surface area contributed by atoms with Crippen LogP contribution in [0.25, 0.3) is 0 Å². The highest BCUT2D eigenvalue weighted by Crippen LogP contribution is 2.40. The van der Waals surface area contributed by atoms with Crippen molar-refractivity contribution < 1.29 is 4.79 Å². The van der Waals surface area contributed by atoms with E-state index in [-0.39, 0.29) is 22.8 Å². The summed E-state index contributed by atoms with van der Waals surface area (Å²) < 4.78 is 0. The third kappa shape index (κ3) is 3.83. The van der Waals surface area contributed by atoms with Gasteiger partial charge in [0.05, 0.1) is 12.2 Å². The number of carbonyl (C=O) groups is 1. The molecule has 6 heteroatoms. The maximum absolute atomic E-state index is 12.5. The predicted octanol–water partition coefficient (Wildman–Crippen LogP) is 3.01. The van der Waals surface area contributed by atoms with Crippen molar-refractivity contribution in [2.45, 2.75) is 58.9 Å². The first kappa shape index (κ1) is 17.5. The van der Waals surface area contributed by atoms with Crippen molar-refractivity contribution in [3.8, 4) is 0 Å². The minimum Gasteiger partial charge on any atom is -0.344 e. The van der Waals surface area contributed by atoms with E-state index in [1.54, 1.807) is 6.20 Å². The molecule has 0 saturated heterocycles. The van der Waals surface area contributed by atoms with Crippen LogP contribution in [-0.2, 0) is 11.8 Å². The van der Waals surface area contributed by atoms with Crippen molar-refractivity contribution in [3.05, 3.63) is 47.6 Å². The largest absolute Gasteiger partial charge is 0.344 e. The van der Waals surface area contributed by atoms with Crippen LogP contribution < -0.4 is 5.32 Å². The highest BCUT2D eigenvalue weighted by molar-refractivity contribution is 5.92. The summed E-state index contributed by atoms with van der Waals surface area (Å²) in [7, 11) is 0. The van der Waals surface area contributed by atoms with E-state index in [1.165, 1.54) is 12.4 Å². The fourth-order valence-corrected chi connectivity index (χ4v) is 3.19. The molecule has 25 heavy (non-hydrogen) atoms. The molecule has 1 N–H and O–H groups in total. The van der Waals surface area contributed by atoms with E-state index in [1.807, 2.05) is 6.20 Å². The molecule has 1 amide bonds. The minimum atomic E-state index is -0.221. The molecule has 0 bridgehead atoms. The topological polar surface area (TPSA) is 80.7 Å². The first-order chi connectivity index (χ1) is 11.7. The lowest BCUT2D eigenvalue weighted by Crippen LogP contribution is -2.38. The number of carbonyl (C=O) groups excluding carboxylic acids is 1. The van der Waals surface area contributed by atoms with Gasteiger partial charge in [0.1, 0.15) is 11.5 Å². The van der Waals surface area contributed by atoms with Crippen LogP contribution in [0.5, 0.6) is 0 Å². The van der Waals surface area contributed by atoms with Gasteiger partial charge in [-0.3, -0.25) is 9.78 Å². The van der Waals surface area contributed by atoms with Gasteiger partial charge in [-0.05, 0) is 18.3 Å². The van der Waals surface area contributed by atoms with Crippen LogP contribution in [0.1, 0.15) is 74.7 Å². The Morgan fingerprint density at radius 2 is 1.96 bits per heavy atom. The molecule has 0 aromatic carbocycles. The number of nitrogens with zero attached hydrogens (tertiary/aromatic N) is 4. The van der Waals surface area contributed by atoms with Crippen LogP contribution in [0.4, 0.5) is 0 Å². The number of rotatable bonds is 2. The maximum Gasteiger partial charge on any atom is 0.271 e. The van der Waals surface area contributed by atoms with Crippen molar-refractivity contribution in [1.29, 1.82) is 0 Å². The second-order valence-corrected chi connectivity index (χ2v) is 8.51. The monoisotopic (exact) mass is 339 g/mol. The van der Waals surface area contributed by atoms with Crippen molar-refractivity contribution in [1.82, 2.24) is 25.3 Å². The first-order valence-electron chi connectivity index (χ1n) is 8.59. The highest BCUT2D eigenvalue weighted by atomic mass is 16.1. The highest BCUT2D eigenvalue weighted by Gasteiger charge is 2.35. The van der Waals surface area contributed by atoms with E-state index in [0.717, 1.165) is 29.9 Å². The molecule has 2 aromatic heterocycles. The number of hydrogen-bond acceptors (Lipinski definition) is 5. The molecule has 1 unspecified atom stereocenters. The number of amides is 1. The number of fused-ring (bicyclic) bond motifs is 1. The molecule has 0 saturated carbocycles. The van der Waals surface area contributed by atoms with Gasteiger partial charge in [0.2, 0.25) is 0 Å². The van der Waals surface area contributed by atoms with Gasteiger partial charge in [-0.15, -0.1) is 0 Å². The van der Waals surface area contributed by atoms with Crippen molar-refractivity contribution in [2.75, 3.05) is 0 Å². The lowest BCUT2D eigenvalue weighted by Gasteiger charge is -2.37. The molecule has 132 valence electrons. The van der Waals surface area contributed by atoms with E-state index in [4.69, 9.17) is 4.98 Å². The normalized spacial score (nSPS) is 19.2. The van der Waals surface area contributed by atoms with Crippen LogP contribution in [0, 0.1) is 5.41 Å². The lowest BCUT2D eigenvalue weighted by molar-refractivity contribution is 0.0913.